The van der Waals surface area contributed by atoms with Crippen LogP contribution in [0.25, 0.3) is 6.08 Å². The molecule has 6 heteroatoms. The summed E-state index contributed by atoms with van der Waals surface area (Å²) in [4.78, 5) is 24.3. The number of phenols is 1. The van der Waals surface area contributed by atoms with Gasteiger partial charge in [-0.25, -0.2) is 4.79 Å². The first-order chi connectivity index (χ1) is 14.0. The average molecular weight is 389 g/mol. The van der Waals surface area contributed by atoms with Crippen molar-refractivity contribution in [1.29, 1.82) is 0 Å². The Morgan fingerprint density at radius 2 is 1.66 bits per heavy atom. The van der Waals surface area contributed by atoms with E-state index in [1.165, 1.54) is 24.3 Å². The quantitative estimate of drug-likeness (QED) is 0.374. The van der Waals surface area contributed by atoms with Gasteiger partial charge in [0.1, 0.15) is 22.8 Å². The highest BCUT2D eigenvalue weighted by molar-refractivity contribution is 6.02. The molecule has 0 spiro atoms. The molecule has 0 saturated carbocycles. The first kappa shape index (κ1) is 19.7. The number of carbonyl (C=O) groups is 2. The molecule has 0 fully saturated rings. The lowest BCUT2D eigenvalue weighted by Gasteiger charge is -2.08. The predicted molar refractivity (Wildman–Crippen MR) is 110 cm³/mol. The van der Waals surface area contributed by atoms with Crippen LogP contribution in [0.3, 0.4) is 0 Å². The van der Waals surface area contributed by atoms with Gasteiger partial charge in [-0.1, -0.05) is 30.3 Å². The maximum Gasteiger partial charge on any atom is 0.347 e. The van der Waals surface area contributed by atoms with Crippen molar-refractivity contribution in [3.05, 3.63) is 90.0 Å². The molecule has 0 aliphatic heterocycles. The molecule has 0 unspecified atom stereocenters. The molecule has 2 N–H and O–H groups in total. The second-order valence-electron chi connectivity index (χ2n) is 6.03. The second kappa shape index (κ2) is 9.23. The lowest BCUT2D eigenvalue weighted by atomic mass is 10.1. The number of amides is 1. The van der Waals surface area contributed by atoms with Gasteiger partial charge in [-0.15, -0.1) is 0 Å². The minimum atomic E-state index is -0.689. The lowest BCUT2D eigenvalue weighted by molar-refractivity contribution is -0.111. The maximum absolute atomic E-state index is 12.2. The van der Waals surface area contributed by atoms with Gasteiger partial charge in [0.25, 0.3) is 0 Å². The summed E-state index contributed by atoms with van der Waals surface area (Å²) in [6.07, 6.45) is 3.02. The summed E-state index contributed by atoms with van der Waals surface area (Å²) in [5.41, 5.74) is 1.19. The highest BCUT2D eigenvalue weighted by Crippen LogP contribution is 2.24. The number of benzene rings is 3. The third kappa shape index (κ3) is 5.46. The van der Waals surface area contributed by atoms with Crippen LogP contribution in [-0.2, 0) is 4.79 Å². The largest absolute Gasteiger partial charge is 0.507 e. The summed E-state index contributed by atoms with van der Waals surface area (Å²) in [6.45, 7) is 0. The molecule has 146 valence electrons. The molecule has 0 saturated heterocycles. The summed E-state index contributed by atoms with van der Waals surface area (Å²) in [5.74, 6) is -0.250. The normalized spacial score (nSPS) is 10.5. The second-order valence-corrected chi connectivity index (χ2v) is 6.03. The van der Waals surface area contributed by atoms with Crippen molar-refractivity contribution >= 4 is 23.6 Å². The molecule has 3 aromatic carbocycles. The van der Waals surface area contributed by atoms with Gasteiger partial charge in [-0.05, 0) is 48.0 Å². The smallest absolute Gasteiger partial charge is 0.347 e. The number of methoxy groups -OCH3 is 1. The summed E-state index contributed by atoms with van der Waals surface area (Å²) in [6, 6.07) is 20.0. The molecule has 0 radical (unpaired) electrons. The third-order valence-corrected chi connectivity index (χ3v) is 3.98. The van der Waals surface area contributed by atoms with Crippen molar-refractivity contribution in [2.24, 2.45) is 0 Å². The van der Waals surface area contributed by atoms with E-state index in [2.05, 4.69) is 5.32 Å². The molecule has 0 atom stereocenters. The molecule has 3 aromatic rings. The van der Waals surface area contributed by atoms with Gasteiger partial charge in [-0.2, -0.15) is 0 Å². The van der Waals surface area contributed by atoms with E-state index in [1.807, 2.05) is 12.1 Å². The standard InChI is InChI=1S/C23H19NO5/c1-28-18-11-7-16(8-12-18)9-14-22(26)24-17-10-13-20(21(25)15-17)23(27)29-19-5-3-2-4-6-19/h2-15,25H,1H3,(H,24,26)/b14-9+. The molecule has 3 rings (SSSR count). The monoisotopic (exact) mass is 389 g/mol. The van der Waals surface area contributed by atoms with Crippen LogP contribution in [0.4, 0.5) is 5.69 Å². The number of hydrogen-bond acceptors (Lipinski definition) is 5. The number of nitrogens with one attached hydrogen (secondary N) is 1. The zero-order chi connectivity index (χ0) is 20.6. The number of hydrogen-bond donors (Lipinski definition) is 2. The van der Waals surface area contributed by atoms with E-state index in [9.17, 15) is 14.7 Å². The van der Waals surface area contributed by atoms with Crippen LogP contribution in [0.2, 0.25) is 0 Å². The fraction of sp³-hybridized carbons (Fsp3) is 0.0435. The van der Waals surface area contributed by atoms with Gasteiger partial charge in [0.2, 0.25) is 5.91 Å². The average Bonchev–Trinajstić information content (AvgIpc) is 2.73. The summed E-state index contributed by atoms with van der Waals surface area (Å²) in [5, 5.41) is 12.8. The molecule has 0 heterocycles. The van der Waals surface area contributed by atoms with E-state index in [0.29, 0.717) is 11.4 Å². The third-order valence-electron chi connectivity index (χ3n) is 3.98. The van der Waals surface area contributed by atoms with Crippen LogP contribution in [0.15, 0.2) is 78.9 Å². The van der Waals surface area contributed by atoms with Crippen LogP contribution in [0.1, 0.15) is 15.9 Å². The van der Waals surface area contributed by atoms with Crippen molar-refractivity contribution in [2.75, 3.05) is 12.4 Å². The maximum atomic E-state index is 12.2. The summed E-state index contributed by atoms with van der Waals surface area (Å²) >= 11 is 0. The number of phenolic OH excluding ortho intramolecular Hbond substituents is 1. The van der Waals surface area contributed by atoms with E-state index in [4.69, 9.17) is 9.47 Å². The van der Waals surface area contributed by atoms with Crippen LogP contribution in [-0.4, -0.2) is 24.1 Å². The van der Waals surface area contributed by atoms with Crippen LogP contribution >= 0.6 is 0 Å². The molecule has 0 aliphatic rings. The predicted octanol–water partition coefficient (Wildman–Crippen LogP) is 4.27. The lowest BCUT2D eigenvalue weighted by Crippen LogP contribution is -2.10. The van der Waals surface area contributed by atoms with E-state index in [-0.39, 0.29) is 17.2 Å². The van der Waals surface area contributed by atoms with Crippen molar-refractivity contribution in [3.63, 3.8) is 0 Å². The first-order valence-electron chi connectivity index (χ1n) is 8.78. The Bertz CT molecular complexity index is 1030. The molecule has 0 aliphatic carbocycles. The van der Waals surface area contributed by atoms with E-state index >= 15 is 0 Å². The first-order valence-corrected chi connectivity index (χ1v) is 8.78. The highest BCUT2D eigenvalue weighted by Gasteiger charge is 2.14. The number of para-hydroxylation sites is 1. The molecule has 1 amide bonds. The fourth-order valence-electron chi connectivity index (χ4n) is 2.50. The topological polar surface area (TPSA) is 84.9 Å². The Balaban J connectivity index is 1.62. The Morgan fingerprint density at radius 3 is 2.31 bits per heavy atom. The van der Waals surface area contributed by atoms with E-state index in [0.717, 1.165) is 11.3 Å². The molecule has 6 nitrogen and oxygen atoms in total. The van der Waals surface area contributed by atoms with E-state index < -0.39 is 5.97 Å². The fourth-order valence-corrected chi connectivity index (χ4v) is 2.50. The van der Waals surface area contributed by atoms with Crippen molar-refractivity contribution < 1.29 is 24.2 Å². The van der Waals surface area contributed by atoms with Gasteiger partial charge in [0.15, 0.2) is 0 Å². The molecular formula is C23H19NO5. The van der Waals surface area contributed by atoms with Crippen LogP contribution in [0.5, 0.6) is 17.2 Å². The number of rotatable bonds is 6. The minimum Gasteiger partial charge on any atom is -0.507 e. The molecule has 0 bridgehead atoms. The van der Waals surface area contributed by atoms with Gasteiger partial charge in [0, 0.05) is 17.8 Å². The molecule has 0 aromatic heterocycles. The van der Waals surface area contributed by atoms with Crippen molar-refractivity contribution in [1.82, 2.24) is 0 Å². The van der Waals surface area contributed by atoms with Gasteiger partial charge in [0.05, 0.1) is 7.11 Å². The number of carbonyl (C=O) groups excluding carboxylic acids is 2. The Hall–Kier alpha value is -4.06. The summed E-state index contributed by atoms with van der Waals surface area (Å²) < 4.78 is 10.3. The highest BCUT2D eigenvalue weighted by atomic mass is 16.5. The van der Waals surface area contributed by atoms with Gasteiger partial charge in [-0.3, -0.25) is 4.79 Å². The Labute approximate surface area is 168 Å². The minimum absolute atomic E-state index is 0.000581. The van der Waals surface area contributed by atoms with E-state index in [1.54, 1.807) is 55.7 Å². The Kier molecular flexibility index (Phi) is 6.27. The number of anilines is 1. The van der Waals surface area contributed by atoms with Crippen LogP contribution in [0, 0.1) is 0 Å². The van der Waals surface area contributed by atoms with Crippen molar-refractivity contribution in [3.8, 4) is 17.2 Å². The number of aromatic hydroxyl groups is 1. The summed E-state index contributed by atoms with van der Waals surface area (Å²) in [7, 11) is 1.58. The van der Waals surface area contributed by atoms with Gasteiger partial charge >= 0.3 is 5.97 Å². The number of esters is 1. The zero-order valence-electron chi connectivity index (χ0n) is 15.7. The van der Waals surface area contributed by atoms with Gasteiger partial charge < -0.3 is 19.9 Å². The Morgan fingerprint density at radius 1 is 0.931 bits per heavy atom. The van der Waals surface area contributed by atoms with Crippen molar-refractivity contribution in [2.45, 2.75) is 0 Å². The van der Waals surface area contributed by atoms with Crippen LogP contribution < -0.4 is 14.8 Å². The number of ether oxygens (including phenoxy) is 2. The zero-order valence-corrected chi connectivity index (χ0v) is 15.7. The SMILES string of the molecule is COc1ccc(/C=C/C(=O)Nc2ccc(C(=O)Oc3ccccc3)c(O)c2)cc1. The molecule has 29 heavy (non-hydrogen) atoms. The molecular weight excluding hydrogens is 370 g/mol.